The van der Waals surface area contributed by atoms with Gasteiger partial charge in [0.05, 0.1) is 0 Å². The van der Waals surface area contributed by atoms with Crippen LogP contribution in [0.5, 0.6) is 0 Å². The van der Waals surface area contributed by atoms with E-state index in [0.29, 0.717) is 0 Å². The molecule has 0 fully saturated rings. The Labute approximate surface area is 284 Å². The smallest absolute Gasteiger partial charge is 0.377 e. The molecule has 0 heterocycles. The first-order valence-corrected chi connectivity index (χ1v) is 23.3. The minimum atomic E-state index is -2.84. The maximum Gasteiger partial charge on any atom is 0.493 e. The lowest BCUT2D eigenvalue weighted by atomic mass is 10.1. The van der Waals surface area contributed by atoms with E-state index in [1.807, 2.05) is 0 Å². The SMILES string of the molecule is CCCCCCCCNCCCCCCCC[Si](OC)(OC)O[Si](CCCCCCCCNCCCCCCCC)(OC)OC. The Morgan fingerprint density at radius 2 is 0.578 bits per heavy atom. The Bertz CT molecular complexity index is 536. The second-order valence-corrected chi connectivity index (χ2v) is 19.2. The highest BCUT2D eigenvalue weighted by Crippen LogP contribution is 2.28. The lowest BCUT2D eigenvalue weighted by molar-refractivity contribution is 0.0856. The molecule has 0 rings (SSSR count). The Balaban J connectivity index is 4.03. The zero-order valence-corrected chi connectivity index (χ0v) is 33.3. The third kappa shape index (κ3) is 26.8. The van der Waals surface area contributed by atoms with Crippen LogP contribution in [0.25, 0.3) is 0 Å². The molecule has 0 bridgehead atoms. The number of rotatable bonds is 38. The van der Waals surface area contributed by atoms with Gasteiger partial charge in [-0.3, -0.25) is 0 Å². The van der Waals surface area contributed by atoms with Crippen LogP contribution < -0.4 is 10.6 Å². The average molecular weight is 677 g/mol. The van der Waals surface area contributed by atoms with E-state index >= 15 is 0 Å². The molecule has 0 saturated carbocycles. The zero-order valence-electron chi connectivity index (χ0n) is 31.3. The fourth-order valence-corrected chi connectivity index (χ4v) is 12.5. The molecule has 7 nitrogen and oxygen atoms in total. The van der Waals surface area contributed by atoms with Crippen molar-refractivity contribution in [1.29, 1.82) is 0 Å². The number of unbranched alkanes of at least 4 members (excludes halogenated alkanes) is 20. The topological polar surface area (TPSA) is 70.2 Å². The predicted octanol–water partition coefficient (Wildman–Crippen LogP) is 10.0. The summed E-state index contributed by atoms with van der Waals surface area (Å²) in [5, 5.41) is 7.25. The summed E-state index contributed by atoms with van der Waals surface area (Å²) in [5.74, 6) is 0. The monoisotopic (exact) mass is 677 g/mol. The minimum absolute atomic E-state index is 0.814. The van der Waals surface area contributed by atoms with Gasteiger partial charge in [0, 0.05) is 40.5 Å². The van der Waals surface area contributed by atoms with Crippen molar-refractivity contribution in [3.05, 3.63) is 0 Å². The molecule has 0 amide bonds. The van der Waals surface area contributed by atoms with Crippen LogP contribution in [0.3, 0.4) is 0 Å². The Morgan fingerprint density at radius 3 is 0.844 bits per heavy atom. The summed E-state index contributed by atoms with van der Waals surface area (Å²) in [6, 6.07) is 1.63. The van der Waals surface area contributed by atoms with Crippen LogP contribution in [0.4, 0.5) is 0 Å². The largest absolute Gasteiger partial charge is 0.493 e. The van der Waals surface area contributed by atoms with Gasteiger partial charge in [0.1, 0.15) is 0 Å². The normalized spacial score (nSPS) is 12.4. The van der Waals surface area contributed by atoms with E-state index in [2.05, 4.69) is 24.5 Å². The molecule has 2 N–H and O–H groups in total. The quantitative estimate of drug-likeness (QED) is 0.0498. The molecule has 0 aromatic rings. The van der Waals surface area contributed by atoms with Crippen molar-refractivity contribution in [1.82, 2.24) is 10.6 Å². The Morgan fingerprint density at radius 1 is 0.333 bits per heavy atom. The van der Waals surface area contributed by atoms with E-state index < -0.39 is 17.6 Å². The third-order valence-electron chi connectivity index (χ3n) is 9.14. The molecule has 0 aliphatic carbocycles. The molecule has 0 spiro atoms. The number of nitrogens with one attached hydrogen (secondary N) is 2. The van der Waals surface area contributed by atoms with Gasteiger partial charge >= 0.3 is 17.6 Å². The van der Waals surface area contributed by atoms with Crippen LogP contribution in [-0.2, 0) is 21.8 Å². The predicted molar refractivity (Wildman–Crippen MR) is 198 cm³/mol. The van der Waals surface area contributed by atoms with E-state index in [9.17, 15) is 0 Å². The van der Waals surface area contributed by atoms with Crippen molar-refractivity contribution >= 4 is 17.6 Å². The maximum atomic E-state index is 6.63. The van der Waals surface area contributed by atoms with Crippen LogP contribution in [0, 0.1) is 0 Å². The summed E-state index contributed by atoms with van der Waals surface area (Å²) in [6.45, 7) is 9.23. The first kappa shape index (κ1) is 45.2. The summed E-state index contributed by atoms with van der Waals surface area (Å²) < 4.78 is 30.4. The van der Waals surface area contributed by atoms with E-state index in [0.717, 1.165) is 38.0 Å². The van der Waals surface area contributed by atoms with Crippen molar-refractivity contribution in [2.75, 3.05) is 54.6 Å². The van der Waals surface area contributed by atoms with Crippen molar-refractivity contribution in [3.63, 3.8) is 0 Å². The summed E-state index contributed by atoms with van der Waals surface area (Å²) in [4.78, 5) is 0. The summed E-state index contributed by atoms with van der Waals surface area (Å²) in [5.41, 5.74) is 0. The van der Waals surface area contributed by atoms with Gasteiger partial charge in [-0.25, -0.2) is 0 Å². The average Bonchev–Trinajstić information content (AvgIpc) is 3.07. The third-order valence-corrected chi connectivity index (χ3v) is 16.1. The molecule has 0 unspecified atom stereocenters. The highest BCUT2D eigenvalue weighted by atomic mass is 28.5. The van der Waals surface area contributed by atoms with Crippen LogP contribution in [-0.4, -0.2) is 72.2 Å². The lowest BCUT2D eigenvalue weighted by Crippen LogP contribution is -2.57. The molecule has 45 heavy (non-hydrogen) atoms. The molecule has 0 saturated heterocycles. The van der Waals surface area contributed by atoms with Gasteiger partial charge in [0.2, 0.25) is 0 Å². The molecule has 0 atom stereocenters. The van der Waals surface area contributed by atoms with E-state index in [1.54, 1.807) is 28.4 Å². The number of hydrogen-bond acceptors (Lipinski definition) is 7. The van der Waals surface area contributed by atoms with Gasteiger partial charge in [-0.2, -0.15) is 0 Å². The fraction of sp³-hybridized carbons (Fsp3) is 1.00. The maximum absolute atomic E-state index is 6.63. The van der Waals surface area contributed by atoms with Crippen molar-refractivity contribution < 1.29 is 21.8 Å². The van der Waals surface area contributed by atoms with Crippen molar-refractivity contribution in [3.8, 4) is 0 Å². The molecular formula is C36H80N2O5Si2. The molecule has 272 valence electrons. The highest BCUT2D eigenvalue weighted by molar-refractivity contribution is 6.74. The van der Waals surface area contributed by atoms with E-state index in [1.165, 1.54) is 154 Å². The highest BCUT2D eigenvalue weighted by Gasteiger charge is 2.51. The lowest BCUT2D eigenvalue weighted by Gasteiger charge is -2.35. The van der Waals surface area contributed by atoms with E-state index in [4.69, 9.17) is 21.8 Å². The first-order valence-electron chi connectivity index (χ1n) is 19.4. The first-order chi connectivity index (χ1) is 22.1. The zero-order chi connectivity index (χ0) is 33.2. The summed E-state index contributed by atoms with van der Waals surface area (Å²) in [6.07, 6.45) is 31.1. The summed E-state index contributed by atoms with van der Waals surface area (Å²) >= 11 is 0. The van der Waals surface area contributed by atoms with Gasteiger partial charge in [-0.05, 0) is 64.7 Å². The Hall–Kier alpha value is 0.154. The fourth-order valence-electron chi connectivity index (χ4n) is 5.99. The molecular weight excluding hydrogens is 597 g/mol. The Kier molecular flexibility index (Phi) is 34.1. The van der Waals surface area contributed by atoms with Gasteiger partial charge < -0.3 is 32.5 Å². The molecule has 0 radical (unpaired) electrons. The molecule has 0 aliphatic heterocycles. The minimum Gasteiger partial charge on any atom is -0.377 e. The molecule has 0 aliphatic rings. The molecule has 9 heteroatoms. The van der Waals surface area contributed by atoms with Gasteiger partial charge in [0.15, 0.2) is 0 Å². The molecule has 0 aromatic carbocycles. The van der Waals surface area contributed by atoms with Crippen LogP contribution in [0.2, 0.25) is 12.1 Å². The van der Waals surface area contributed by atoms with Gasteiger partial charge in [-0.15, -0.1) is 0 Å². The number of hydrogen-bond donors (Lipinski definition) is 2. The summed E-state index contributed by atoms with van der Waals surface area (Å²) in [7, 11) is 1.21. The second kappa shape index (κ2) is 34.0. The second-order valence-electron chi connectivity index (χ2n) is 13.1. The van der Waals surface area contributed by atoms with Crippen molar-refractivity contribution in [2.24, 2.45) is 0 Å². The van der Waals surface area contributed by atoms with Gasteiger partial charge in [0.25, 0.3) is 0 Å². The van der Waals surface area contributed by atoms with Crippen molar-refractivity contribution in [2.45, 2.75) is 180 Å². The van der Waals surface area contributed by atoms with Crippen LogP contribution in [0.15, 0.2) is 0 Å². The van der Waals surface area contributed by atoms with Gasteiger partial charge in [-0.1, -0.05) is 129 Å². The standard InChI is InChI=1S/C36H80N2O5Si2/c1-7-9-11-13-19-25-31-37-33-27-21-15-17-23-29-35-44(39-3,40-4)43-45(41-5,42-6)36-30-24-18-16-22-28-34-38-32-26-20-14-12-10-8-2/h37-38H,7-36H2,1-6H3. The van der Waals surface area contributed by atoms with Crippen LogP contribution >= 0.6 is 0 Å². The van der Waals surface area contributed by atoms with Crippen LogP contribution in [0.1, 0.15) is 168 Å². The molecule has 0 aromatic heterocycles. The van der Waals surface area contributed by atoms with E-state index in [-0.39, 0.29) is 0 Å².